The number of hydrogen-bond acceptors (Lipinski definition) is 5. The van der Waals surface area contributed by atoms with E-state index in [1.807, 2.05) is 37.3 Å². The second-order valence-corrected chi connectivity index (χ2v) is 7.10. The number of fused-ring (bicyclic) bond motifs is 1. The minimum atomic E-state index is -0.214. The van der Waals surface area contributed by atoms with Crippen molar-refractivity contribution in [3.63, 3.8) is 0 Å². The Morgan fingerprint density at radius 1 is 1.23 bits per heavy atom. The van der Waals surface area contributed by atoms with Gasteiger partial charge in [-0.1, -0.05) is 12.1 Å². The summed E-state index contributed by atoms with van der Waals surface area (Å²) in [6.45, 7) is 2.53. The first kappa shape index (κ1) is 18.1. The average Bonchev–Trinajstić information content (AvgIpc) is 2.66. The van der Waals surface area contributed by atoms with Gasteiger partial charge >= 0.3 is 0 Å². The van der Waals surface area contributed by atoms with Gasteiger partial charge in [0.2, 0.25) is 5.91 Å². The molecule has 2 aromatic carbocycles. The molecule has 0 bridgehead atoms. The van der Waals surface area contributed by atoms with E-state index in [-0.39, 0.29) is 17.1 Å². The lowest BCUT2D eigenvalue weighted by Crippen LogP contribution is -2.29. The molecule has 0 unspecified atom stereocenters. The summed E-state index contributed by atoms with van der Waals surface area (Å²) in [6, 6.07) is 12.7. The second kappa shape index (κ2) is 8.14. The maximum absolute atomic E-state index is 12.3. The summed E-state index contributed by atoms with van der Waals surface area (Å²) in [7, 11) is 1.58. The molecule has 3 rings (SSSR count). The first-order chi connectivity index (χ1) is 12.6. The van der Waals surface area contributed by atoms with Gasteiger partial charge in [-0.3, -0.25) is 9.59 Å². The molecule has 0 aliphatic carbocycles. The van der Waals surface area contributed by atoms with Gasteiger partial charge in [-0.05, 0) is 37.3 Å². The van der Waals surface area contributed by atoms with E-state index in [9.17, 15) is 9.59 Å². The lowest BCUT2D eigenvalue weighted by atomic mass is 10.1. The molecule has 0 radical (unpaired) electrons. The zero-order valence-electron chi connectivity index (χ0n) is 14.6. The topological polar surface area (TPSA) is 76.7 Å². The van der Waals surface area contributed by atoms with E-state index in [4.69, 9.17) is 9.47 Å². The molecule has 0 aromatic heterocycles. The number of thioether (sulfide) groups is 1. The Kier molecular flexibility index (Phi) is 5.68. The minimum absolute atomic E-state index is 0.0507. The second-order valence-electron chi connectivity index (χ2n) is 5.72. The fourth-order valence-electron chi connectivity index (χ4n) is 2.52. The number of benzene rings is 2. The van der Waals surface area contributed by atoms with Crippen molar-refractivity contribution in [2.45, 2.75) is 17.1 Å². The van der Waals surface area contributed by atoms with Crippen molar-refractivity contribution in [2.24, 2.45) is 0 Å². The van der Waals surface area contributed by atoms with E-state index < -0.39 is 0 Å². The standard InChI is InChI=1S/C19H20N2O4S/c1-12-18(22)21-14-11-13(7-8-17(14)26-12)19(23)20-9-10-25-16-6-4-3-5-15(16)24-2/h3-8,11-12H,9-10H2,1-2H3,(H,20,23)(H,21,22)/t12-/m1/s1. The van der Waals surface area contributed by atoms with Crippen molar-refractivity contribution in [1.82, 2.24) is 5.32 Å². The molecular formula is C19H20N2O4S. The molecule has 1 atom stereocenters. The molecule has 1 aliphatic rings. The van der Waals surface area contributed by atoms with Crippen molar-refractivity contribution in [2.75, 3.05) is 25.6 Å². The highest BCUT2D eigenvalue weighted by Crippen LogP contribution is 2.35. The van der Waals surface area contributed by atoms with Crippen molar-refractivity contribution >= 4 is 29.3 Å². The van der Waals surface area contributed by atoms with E-state index >= 15 is 0 Å². The monoisotopic (exact) mass is 372 g/mol. The molecule has 6 nitrogen and oxygen atoms in total. The molecule has 26 heavy (non-hydrogen) atoms. The number of para-hydroxylation sites is 2. The maximum Gasteiger partial charge on any atom is 0.251 e. The molecule has 0 spiro atoms. The molecule has 7 heteroatoms. The highest BCUT2D eigenvalue weighted by atomic mass is 32.2. The number of rotatable bonds is 6. The van der Waals surface area contributed by atoms with Gasteiger partial charge in [0.05, 0.1) is 24.6 Å². The molecule has 136 valence electrons. The van der Waals surface area contributed by atoms with Crippen LogP contribution < -0.4 is 20.1 Å². The van der Waals surface area contributed by atoms with Crippen LogP contribution >= 0.6 is 11.8 Å². The number of nitrogens with one attached hydrogen (secondary N) is 2. The average molecular weight is 372 g/mol. The lowest BCUT2D eigenvalue weighted by Gasteiger charge is -2.21. The summed E-state index contributed by atoms with van der Waals surface area (Å²) in [6.07, 6.45) is 0. The Hall–Kier alpha value is -2.67. The van der Waals surface area contributed by atoms with Crippen LogP contribution in [-0.4, -0.2) is 37.3 Å². The van der Waals surface area contributed by atoms with Crippen LogP contribution in [0.15, 0.2) is 47.4 Å². The number of ether oxygens (including phenoxy) is 2. The van der Waals surface area contributed by atoms with Crippen molar-refractivity contribution in [3.05, 3.63) is 48.0 Å². The van der Waals surface area contributed by atoms with Crippen LogP contribution in [0.25, 0.3) is 0 Å². The summed E-state index contributed by atoms with van der Waals surface area (Å²) in [4.78, 5) is 25.0. The minimum Gasteiger partial charge on any atom is -0.493 e. The van der Waals surface area contributed by atoms with Gasteiger partial charge < -0.3 is 20.1 Å². The largest absolute Gasteiger partial charge is 0.493 e. The SMILES string of the molecule is COc1ccccc1OCCNC(=O)c1ccc2c(c1)NC(=O)[C@@H](C)S2. The molecule has 0 saturated carbocycles. The predicted molar refractivity (Wildman–Crippen MR) is 101 cm³/mol. The zero-order chi connectivity index (χ0) is 18.5. The number of anilines is 1. The quantitative estimate of drug-likeness (QED) is 0.763. The Labute approximate surface area is 156 Å². The fourth-order valence-corrected chi connectivity index (χ4v) is 3.45. The molecule has 1 heterocycles. The van der Waals surface area contributed by atoms with Crippen LogP contribution in [0.2, 0.25) is 0 Å². The van der Waals surface area contributed by atoms with E-state index in [2.05, 4.69) is 10.6 Å². The van der Waals surface area contributed by atoms with Crippen molar-refractivity contribution in [3.8, 4) is 11.5 Å². The lowest BCUT2D eigenvalue weighted by molar-refractivity contribution is -0.115. The molecule has 2 N–H and O–H groups in total. The summed E-state index contributed by atoms with van der Waals surface area (Å²) in [5, 5.41) is 5.51. The third-order valence-corrected chi connectivity index (χ3v) is 5.06. The van der Waals surface area contributed by atoms with Gasteiger partial charge in [-0.15, -0.1) is 11.8 Å². The number of carbonyl (C=O) groups is 2. The molecule has 2 aromatic rings. The summed E-state index contributed by atoms with van der Waals surface area (Å²) in [5.41, 5.74) is 1.17. The van der Waals surface area contributed by atoms with Gasteiger partial charge in [0.1, 0.15) is 6.61 Å². The Morgan fingerprint density at radius 3 is 2.77 bits per heavy atom. The number of hydrogen-bond donors (Lipinski definition) is 2. The summed E-state index contributed by atoms with van der Waals surface area (Å²) >= 11 is 1.49. The highest BCUT2D eigenvalue weighted by Gasteiger charge is 2.23. The Balaban J connectivity index is 1.54. The first-order valence-corrected chi connectivity index (χ1v) is 9.12. The van der Waals surface area contributed by atoms with Gasteiger partial charge in [0.15, 0.2) is 11.5 Å². The number of carbonyl (C=O) groups excluding carboxylic acids is 2. The van der Waals surface area contributed by atoms with Gasteiger partial charge in [-0.2, -0.15) is 0 Å². The van der Waals surface area contributed by atoms with Gasteiger partial charge in [0, 0.05) is 10.5 Å². The van der Waals surface area contributed by atoms with E-state index in [1.165, 1.54) is 11.8 Å². The van der Waals surface area contributed by atoms with Crippen LogP contribution in [0.5, 0.6) is 11.5 Å². The van der Waals surface area contributed by atoms with E-state index in [0.29, 0.717) is 35.9 Å². The van der Waals surface area contributed by atoms with Crippen molar-refractivity contribution < 1.29 is 19.1 Å². The third-order valence-electron chi connectivity index (χ3n) is 3.89. The van der Waals surface area contributed by atoms with E-state index in [1.54, 1.807) is 19.2 Å². The normalized spacial score (nSPS) is 15.6. The number of amides is 2. The van der Waals surface area contributed by atoms with Crippen LogP contribution in [0.1, 0.15) is 17.3 Å². The zero-order valence-corrected chi connectivity index (χ0v) is 15.4. The van der Waals surface area contributed by atoms with Gasteiger partial charge in [-0.25, -0.2) is 0 Å². The van der Waals surface area contributed by atoms with Crippen LogP contribution in [0.3, 0.4) is 0 Å². The van der Waals surface area contributed by atoms with Crippen LogP contribution in [0, 0.1) is 0 Å². The Morgan fingerprint density at radius 2 is 2.00 bits per heavy atom. The Bertz CT molecular complexity index is 825. The number of methoxy groups -OCH3 is 1. The van der Waals surface area contributed by atoms with Crippen molar-refractivity contribution in [1.29, 1.82) is 0 Å². The molecule has 2 amide bonds. The molecule has 0 saturated heterocycles. The summed E-state index contributed by atoms with van der Waals surface area (Å²) in [5.74, 6) is 1.02. The smallest absolute Gasteiger partial charge is 0.251 e. The first-order valence-electron chi connectivity index (χ1n) is 8.24. The molecule has 1 aliphatic heterocycles. The molecular weight excluding hydrogens is 352 g/mol. The van der Waals surface area contributed by atoms with E-state index in [0.717, 1.165) is 4.90 Å². The maximum atomic E-state index is 12.3. The molecule has 0 fully saturated rings. The fraction of sp³-hybridized carbons (Fsp3) is 0.263. The summed E-state index contributed by atoms with van der Waals surface area (Å²) < 4.78 is 10.8. The predicted octanol–water partition coefficient (Wildman–Crippen LogP) is 2.94. The third kappa shape index (κ3) is 4.11. The van der Waals surface area contributed by atoms with Crippen LogP contribution in [-0.2, 0) is 4.79 Å². The van der Waals surface area contributed by atoms with Gasteiger partial charge in [0.25, 0.3) is 5.91 Å². The van der Waals surface area contributed by atoms with Crippen LogP contribution in [0.4, 0.5) is 5.69 Å². The highest BCUT2D eigenvalue weighted by molar-refractivity contribution is 8.00.